The molecule has 14 heteroatoms. The van der Waals surface area contributed by atoms with Crippen LogP contribution < -0.4 is 15.5 Å². The minimum absolute atomic E-state index is 0.0842. The second-order valence-electron chi connectivity index (χ2n) is 9.47. The molecule has 1 saturated heterocycles. The van der Waals surface area contributed by atoms with E-state index in [0.29, 0.717) is 56.5 Å². The number of hydrogen-bond acceptors (Lipinski definition) is 6. The summed E-state index contributed by atoms with van der Waals surface area (Å²) < 4.78 is 102. The predicted molar refractivity (Wildman–Crippen MR) is 129 cm³/mol. The molecule has 0 radical (unpaired) electrons. The topological polar surface area (TPSA) is 91.4 Å². The standard InChI is InChI=1S/C24H26F6N4O3S/c25-23(26,27)20-13-18(14-21(33-20)24(28,29)30)31-16-3-5-17(6-4-16)32-22(35)15-1-7-19(8-2-15)34-9-11-38(36,37)12-10-34/h1-2,7-8,13-14,16-17H,3-6,9-12H2,(H,31,33)(H,32,35)/t16-,17+. The maximum absolute atomic E-state index is 13.0. The molecule has 38 heavy (non-hydrogen) atoms. The smallest absolute Gasteiger partial charge is 0.382 e. The van der Waals surface area contributed by atoms with Crippen molar-refractivity contribution in [1.82, 2.24) is 10.3 Å². The Morgan fingerprint density at radius 3 is 1.84 bits per heavy atom. The summed E-state index contributed by atoms with van der Waals surface area (Å²) in [4.78, 5) is 17.3. The van der Waals surface area contributed by atoms with Crippen LogP contribution in [0.4, 0.5) is 37.7 Å². The van der Waals surface area contributed by atoms with Gasteiger partial charge in [0.1, 0.15) is 11.4 Å². The minimum Gasteiger partial charge on any atom is -0.382 e. The zero-order valence-electron chi connectivity index (χ0n) is 20.1. The van der Waals surface area contributed by atoms with Crippen molar-refractivity contribution in [2.24, 2.45) is 0 Å². The number of anilines is 2. The van der Waals surface area contributed by atoms with Gasteiger partial charge in [-0.2, -0.15) is 26.3 Å². The van der Waals surface area contributed by atoms with Crippen LogP contribution in [0, 0.1) is 0 Å². The van der Waals surface area contributed by atoms with E-state index in [1.54, 1.807) is 24.3 Å². The van der Waals surface area contributed by atoms with E-state index >= 15 is 0 Å². The van der Waals surface area contributed by atoms with Gasteiger partial charge in [-0.3, -0.25) is 4.79 Å². The van der Waals surface area contributed by atoms with Gasteiger partial charge in [0.15, 0.2) is 9.84 Å². The lowest BCUT2D eigenvalue weighted by Crippen LogP contribution is -2.40. The van der Waals surface area contributed by atoms with Crippen LogP contribution in [0.15, 0.2) is 36.4 Å². The highest BCUT2D eigenvalue weighted by molar-refractivity contribution is 7.91. The van der Waals surface area contributed by atoms with Crippen molar-refractivity contribution in [3.63, 3.8) is 0 Å². The van der Waals surface area contributed by atoms with Gasteiger partial charge in [0.2, 0.25) is 0 Å². The van der Waals surface area contributed by atoms with Gasteiger partial charge in [0.25, 0.3) is 5.91 Å². The van der Waals surface area contributed by atoms with Gasteiger partial charge >= 0.3 is 12.4 Å². The normalized spacial score (nSPS) is 22.1. The SMILES string of the molecule is O=C(N[C@H]1CC[C@@H](Nc2cc(C(F)(F)F)nc(C(F)(F)F)c2)CC1)c1ccc(N2CCS(=O)(=O)CC2)cc1. The summed E-state index contributed by atoms with van der Waals surface area (Å²) in [6.45, 7) is 0.777. The van der Waals surface area contributed by atoms with Crippen molar-refractivity contribution >= 4 is 27.1 Å². The van der Waals surface area contributed by atoms with E-state index in [1.807, 2.05) is 4.90 Å². The summed E-state index contributed by atoms with van der Waals surface area (Å²) in [5, 5.41) is 5.68. The van der Waals surface area contributed by atoms with Crippen LogP contribution in [0.1, 0.15) is 47.4 Å². The van der Waals surface area contributed by atoms with Crippen LogP contribution in [0.25, 0.3) is 0 Å². The van der Waals surface area contributed by atoms with E-state index in [9.17, 15) is 39.6 Å². The maximum Gasteiger partial charge on any atom is 0.433 e. The van der Waals surface area contributed by atoms with E-state index in [2.05, 4.69) is 15.6 Å². The molecule has 0 spiro atoms. The fraction of sp³-hybridized carbons (Fsp3) is 0.500. The van der Waals surface area contributed by atoms with E-state index in [4.69, 9.17) is 0 Å². The molecule has 4 rings (SSSR count). The van der Waals surface area contributed by atoms with Crippen LogP contribution in [0.2, 0.25) is 0 Å². The summed E-state index contributed by atoms with van der Waals surface area (Å²) >= 11 is 0. The van der Waals surface area contributed by atoms with Crippen LogP contribution in [-0.4, -0.2) is 56.0 Å². The Bertz CT molecular complexity index is 1210. The molecular weight excluding hydrogens is 538 g/mol. The number of nitrogens with zero attached hydrogens (tertiary/aromatic N) is 2. The van der Waals surface area contributed by atoms with Gasteiger partial charge in [-0.05, 0) is 62.1 Å². The van der Waals surface area contributed by atoms with Gasteiger partial charge in [-0.15, -0.1) is 0 Å². The van der Waals surface area contributed by atoms with Crippen molar-refractivity contribution in [1.29, 1.82) is 0 Å². The third kappa shape index (κ3) is 7.08. The first kappa shape index (κ1) is 28.0. The van der Waals surface area contributed by atoms with Gasteiger partial charge in [-0.1, -0.05) is 0 Å². The molecule has 1 saturated carbocycles. The van der Waals surface area contributed by atoms with Crippen molar-refractivity contribution in [3.05, 3.63) is 53.3 Å². The van der Waals surface area contributed by atoms with E-state index in [-0.39, 0.29) is 35.2 Å². The van der Waals surface area contributed by atoms with Gasteiger partial charge in [0.05, 0.1) is 11.5 Å². The van der Waals surface area contributed by atoms with E-state index in [1.165, 1.54) is 0 Å². The lowest BCUT2D eigenvalue weighted by atomic mass is 9.90. The minimum atomic E-state index is -5.02. The van der Waals surface area contributed by atoms with Gasteiger partial charge < -0.3 is 15.5 Å². The Balaban J connectivity index is 1.31. The van der Waals surface area contributed by atoms with E-state index in [0.717, 1.165) is 5.69 Å². The van der Waals surface area contributed by atoms with Crippen LogP contribution >= 0.6 is 0 Å². The number of aromatic nitrogens is 1. The number of carbonyl (C=O) groups excluding carboxylic acids is 1. The number of carbonyl (C=O) groups is 1. The quantitative estimate of drug-likeness (QED) is 0.520. The molecule has 2 N–H and O–H groups in total. The Kier molecular flexibility index (Phi) is 7.82. The summed E-state index contributed by atoms with van der Waals surface area (Å²) in [6, 6.07) is 7.40. The fourth-order valence-corrected chi connectivity index (χ4v) is 5.79. The molecule has 0 unspecified atom stereocenters. The number of amides is 1. The van der Waals surface area contributed by atoms with Gasteiger partial charge in [-0.25, -0.2) is 13.4 Å². The molecule has 2 aromatic rings. The predicted octanol–water partition coefficient (Wildman–Crippen LogP) is 4.51. The average molecular weight is 565 g/mol. The maximum atomic E-state index is 13.0. The number of rotatable bonds is 5. The summed E-state index contributed by atoms with van der Waals surface area (Å²) in [6.07, 6.45) is -8.18. The number of pyridine rings is 1. The molecule has 1 aromatic heterocycles. The van der Waals surface area contributed by atoms with Crippen molar-refractivity contribution < 1.29 is 39.6 Å². The molecule has 2 aliphatic rings. The van der Waals surface area contributed by atoms with Crippen molar-refractivity contribution in [3.8, 4) is 0 Å². The van der Waals surface area contributed by atoms with Gasteiger partial charge in [0, 0.05) is 42.1 Å². The molecule has 208 valence electrons. The first-order valence-electron chi connectivity index (χ1n) is 12.0. The van der Waals surface area contributed by atoms with E-state index < -0.39 is 33.6 Å². The molecule has 1 aliphatic heterocycles. The highest BCUT2D eigenvalue weighted by Gasteiger charge is 2.39. The molecule has 1 aromatic carbocycles. The zero-order valence-corrected chi connectivity index (χ0v) is 20.9. The highest BCUT2D eigenvalue weighted by Crippen LogP contribution is 2.35. The van der Waals surface area contributed by atoms with Crippen molar-refractivity contribution in [2.75, 3.05) is 34.8 Å². The average Bonchev–Trinajstić information content (AvgIpc) is 2.84. The van der Waals surface area contributed by atoms with Crippen LogP contribution in [0.5, 0.6) is 0 Å². The Labute approximate surface area is 215 Å². The van der Waals surface area contributed by atoms with Crippen LogP contribution in [0.3, 0.4) is 0 Å². The Morgan fingerprint density at radius 2 is 1.34 bits per heavy atom. The molecule has 0 bridgehead atoms. The number of halogens is 6. The first-order valence-corrected chi connectivity index (χ1v) is 13.8. The number of benzene rings is 1. The van der Waals surface area contributed by atoms with Crippen molar-refractivity contribution in [2.45, 2.75) is 50.1 Å². The molecule has 2 fully saturated rings. The number of sulfone groups is 1. The molecular formula is C24H26F6N4O3S. The largest absolute Gasteiger partial charge is 0.433 e. The fourth-order valence-electron chi connectivity index (χ4n) is 4.59. The second-order valence-corrected chi connectivity index (χ2v) is 11.8. The summed E-state index contributed by atoms with van der Waals surface area (Å²) in [5.74, 6) is -0.130. The Morgan fingerprint density at radius 1 is 0.842 bits per heavy atom. The lowest BCUT2D eigenvalue weighted by molar-refractivity contribution is -0.150. The third-order valence-corrected chi connectivity index (χ3v) is 8.29. The molecule has 7 nitrogen and oxygen atoms in total. The Hall–Kier alpha value is -3.03. The first-order chi connectivity index (χ1) is 17.7. The molecule has 1 amide bonds. The molecule has 1 aliphatic carbocycles. The lowest BCUT2D eigenvalue weighted by Gasteiger charge is -2.31. The highest BCUT2D eigenvalue weighted by atomic mass is 32.2. The van der Waals surface area contributed by atoms with Crippen LogP contribution in [-0.2, 0) is 22.2 Å². The summed E-state index contributed by atoms with van der Waals surface area (Å²) in [5.41, 5.74) is -2.30. The number of hydrogen-bond donors (Lipinski definition) is 2. The second kappa shape index (κ2) is 10.6. The molecule has 2 heterocycles. The molecule has 0 atom stereocenters. The zero-order chi connectivity index (χ0) is 27.7. The number of nitrogens with one attached hydrogen (secondary N) is 2. The summed E-state index contributed by atoms with van der Waals surface area (Å²) in [7, 11) is -3.00. The number of alkyl halides is 6. The monoisotopic (exact) mass is 564 g/mol. The third-order valence-electron chi connectivity index (χ3n) is 6.68.